The summed E-state index contributed by atoms with van der Waals surface area (Å²) in [5.74, 6) is -0.0654. The van der Waals surface area contributed by atoms with E-state index >= 15 is 0 Å². The smallest absolute Gasteiger partial charge is 0.253 e. The maximum Gasteiger partial charge on any atom is 0.253 e. The number of H-pyrrole nitrogens is 1. The number of benzene rings is 2. The number of aromatic nitrogens is 1. The van der Waals surface area contributed by atoms with Gasteiger partial charge in [0.25, 0.3) is 11.5 Å². The lowest BCUT2D eigenvalue weighted by molar-refractivity contribution is 0.0958. The molecule has 0 fully saturated rings. The molecule has 2 heterocycles. The lowest BCUT2D eigenvalue weighted by Crippen LogP contribution is -2.16. The molecule has 25 heavy (non-hydrogen) atoms. The second-order valence-corrected chi connectivity index (χ2v) is 6.64. The van der Waals surface area contributed by atoms with Gasteiger partial charge in [0, 0.05) is 39.3 Å². The van der Waals surface area contributed by atoms with Crippen molar-refractivity contribution in [2.45, 2.75) is 19.5 Å². The number of pyridine rings is 1. The Hall–Kier alpha value is -2.79. The maximum absolute atomic E-state index is 12.2. The monoisotopic (exact) mass is 353 g/mol. The molecule has 0 saturated heterocycles. The van der Waals surface area contributed by atoms with Gasteiger partial charge in [0.2, 0.25) is 0 Å². The average Bonchev–Trinajstić information content (AvgIpc) is 2.87. The molecule has 0 bridgehead atoms. The molecule has 1 aromatic heterocycles. The number of rotatable bonds is 3. The first-order valence-electron chi connectivity index (χ1n) is 8.01. The third kappa shape index (κ3) is 2.87. The SMILES string of the molecule is C[C@H]1NC(=O)c2cc(NCc3cc4cc(Cl)ccc4[nH]c3=O)ccc21. The van der Waals surface area contributed by atoms with Gasteiger partial charge in [0.1, 0.15) is 0 Å². The van der Waals surface area contributed by atoms with Crippen molar-refractivity contribution in [1.29, 1.82) is 0 Å². The van der Waals surface area contributed by atoms with Crippen LogP contribution in [0.3, 0.4) is 0 Å². The number of hydrogen-bond acceptors (Lipinski definition) is 3. The summed E-state index contributed by atoms with van der Waals surface area (Å²) < 4.78 is 0. The van der Waals surface area contributed by atoms with Crippen LogP contribution < -0.4 is 16.2 Å². The fourth-order valence-electron chi connectivity index (χ4n) is 3.14. The van der Waals surface area contributed by atoms with E-state index < -0.39 is 0 Å². The Bertz CT molecular complexity index is 1060. The number of nitrogens with one attached hydrogen (secondary N) is 3. The summed E-state index contributed by atoms with van der Waals surface area (Å²) >= 11 is 6.02. The standard InChI is InChI=1S/C19H16ClN3O2/c1-10-15-4-3-14(8-16(15)19(25)22-10)21-9-12-6-11-7-13(20)2-5-17(11)23-18(12)24/h2-8,10,21H,9H2,1H3,(H,22,25)(H,23,24)/t10-/m1/s1. The van der Waals surface area contributed by atoms with Gasteiger partial charge in [0.05, 0.1) is 6.04 Å². The minimum atomic E-state index is -0.144. The molecule has 2 aromatic carbocycles. The molecule has 5 nitrogen and oxygen atoms in total. The summed E-state index contributed by atoms with van der Waals surface area (Å²) in [4.78, 5) is 27.0. The summed E-state index contributed by atoms with van der Waals surface area (Å²) in [5, 5.41) is 7.60. The molecule has 0 aliphatic carbocycles. The molecule has 1 atom stereocenters. The maximum atomic E-state index is 12.2. The zero-order chi connectivity index (χ0) is 17.6. The Kier molecular flexibility index (Phi) is 3.73. The average molecular weight is 354 g/mol. The van der Waals surface area contributed by atoms with E-state index in [1.54, 1.807) is 12.1 Å². The van der Waals surface area contributed by atoms with Crippen LogP contribution >= 0.6 is 11.6 Å². The van der Waals surface area contributed by atoms with Crippen LogP contribution in [0.4, 0.5) is 5.69 Å². The summed E-state index contributed by atoms with van der Waals surface area (Å²) in [6, 6.07) is 12.9. The molecule has 0 radical (unpaired) electrons. The van der Waals surface area contributed by atoms with Crippen molar-refractivity contribution in [3.05, 3.63) is 74.5 Å². The first-order chi connectivity index (χ1) is 12.0. The fourth-order valence-corrected chi connectivity index (χ4v) is 3.32. The van der Waals surface area contributed by atoms with Gasteiger partial charge in [-0.25, -0.2) is 0 Å². The number of amides is 1. The first kappa shape index (κ1) is 15.7. The van der Waals surface area contributed by atoms with Crippen LogP contribution in [0.5, 0.6) is 0 Å². The Labute approximate surface area is 149 Å². The molecule has 1 amide bonds. The van der Waals surface area contributed by atoms with E-state index in [1.165, 1.54) is 0 Å². The predicted octanol–water partition coefficient (Wildman–Crippen LogP) is 3.60. The van der Waals surface area contributed by atoms with Gasteiger partial charge in [0.15, 0.2) is 0 Å². The van der Waals surface area contributed by atoms with Crippen LogP contribution in [0, 0.1) is 0 Å². The second kappa shape index (κ2) is 5.93. The predicted molar refractivity (Wildman–Crippen MR) is 99.2 cm³/mol. The molecule has 1 aliphatic heterocycles. The van der Waals surface area contributed by atoms with E-state index in [-0.39, 0.29) is 17.5 Å². The number of carbonyl (C=O) groups is 1. The van der Waals surface area contributed by atoms with Crippen molar-refractivity contribution in [2.75, 3.05) is 5.32 Å². The Morgan fingerprint density at radius 1 is 1.12 bits per heavy atom. The Morgan fingerprint density at radius 3 is 2.80 bits per heavy atom. The molecule has 3 N–H and O–H groups in total. The van der Waals surface area contributed by atoms with Gasteiger partial charge in [-0.2, -0.15) is 0 Å². The van der Waals surface area contributed by atoms with Gasteiger partial charge in [-0.3, -0.25) is 9.59 Å². The van der Waals surface area contributed by atoms with Gasteiger partial charge >= 0.3 is 0 Å². The lowest BCUT2D eigenvalue weighted by atomic mass is 10.0. The van der Waals surface area contributed by atoms with E-state index in [1.807, 2.05) is 37.3 Å². The molecule has 3 aromatic rings. The highest BCUT2D eigenvalue weighted by molar-refractivity contribution is 6.31. The zero-order valence-electron chi connectivity index (χ0n) is 13.5. The molecular formula is C19H16ClN3O2. The van der Waals surface area contributed by atoms with E-state index in [0.29, 0.717) is 22.7 Å². The number of aromatic amines is 1. The van der Waals surface area contributed by atoms with Gasteiger partial charge < -0.3 is 15.6 Å². The van der Waals surface area contributed by atoms with E-state index in [4.69, 9.17) is 11.6 Å². The highest BCUT2D eigenvalue weighted by Crippen LogP contribution is 2.27. The minimum absolute atomic E-state index is 0.0321. The molecule has 126 valence electrons. The normalized spacial score (nSPS) is 15.9. The molecule has 4 rings (SSSR count). The third-order valence-corrected chi connectivity index (χ3v) is 4.71. The van der Waals surface area contributed by atoms with Crippen LogP contribution in [0.2, 0.25) is 5.02 Å². The summed E-state index contributed by atoms with van der Waals surface area (Å²) in [6.07, 6.45) is 0. The number of halogens is 1. The topological polar surface area (TPSA) is 74.0 Å². The molecule has 0 saturated carbocycles. The highest BCUT2D eigenvalue weighted by atomic mass is 35.5. The molecule has 6 heteroatoms. The Balaban J connectivity index is 1.60. The van der Waals surface area contributed by atoms with Crippen molar-refractivity contribution in [3.63, 3.8) is 0 Å². The molecule has 1 aliphatic rings. The summed E-state index contributed by atoms with van der Waals surface area (Å²) in [5.41, 5.74) is 3.68. The van der Waals surface area contributed by atoms with Crippen molar-refractivity contribution in [1.82, 2.24) is 10.3 Å². The highest BCUT2D eigenvalue weighted by Gasteiger charge is 2.25. The number of carbonyl (C=O) groups excluding carboxylic acids is 1. The minimum Gasteiger partial charge on any atom is -0.381 e. The molecule has 0 spiro atoms. The molecular weight excluding hydrogens is 338 g/mol. The van der Waals surface area contributed by atoms with Gasteiger partial charge in [-0.1, -0.05) is 17.7 Å². The van der Waals surface area contributed by atoms with Gasteiger partial charge in [-0.05, 0) is 48.9 Å². The first-order valence-corrected chi connectivity index (χ1v) is 8.39. The number of anilines is 1. The second-order valence-electron chi connectivity index (χ2n) is 6.21. The van der Waals surface area contributed by atoms with Crippen molar-refractivity contribution in [3.8, 4) is 0 Å². The zero-order valence-corrected chi connectivity index (χ0v) is 14.3. The van der Waals surface area contributed by atoms with Crippen LogP contribution in [0.25, 0.3) is 10.9 Å². The third-order valence-electron chi connectivity index (χ3n) is 4.48. The molecule has 0 unspecified atom stereocenters. The van der Waals surface area contributed by atoms with Crippen LogP contribution in [0.15, 0.2) is 47.3 Å². The van der Waals surface area contributed by atoms with Crippen molar-refractivity contribution >= 4 is 34.1 Å². The van der Waals surface area contributed by atoms with E-state index in [2.05, 4.69) is 15.6 Å². The van der Waals surface area contributed by atoms with Crippen molar-refractivity contribution < 1.29 is 4.79 Å². The Morgan fingerprint density at radius 2 is 1.96 bits per heavy atom. The van der Waals surface area contributed by atoms with E-state index in [9.17, 15) is 9.59 Å². The number of hydrogen-bond donors (Lipinski definition) is 3. The van der Waals surface area contributed by atoms with E-state index in [0.717, 1.165) is 22.2 Å². The van der Waals surface area contributed by atoms with Crippen LogP contribution in [-0.4, -0.2) is 10.9 Å². The van der Waals surface area contributed by atoms with Crippen LogP contribution in [0.1, 0.15) is 34.5 Å². The van der Waals surface area contributed by atoms with Crippen LogP contribution in [-0.2, 0) is 6.54 Å². The number of fused-ring (bicyclic) bond motifs is 2. The summed E-state index contributed by atoms with van der Waals surface area (Å²) in [7, 11) is 0. The lowest BCUT2D eigenvalue weighted by Gasteiger charge is -2.09. The fraction of sp³-hybridized carbons (Fsp3) is 0.158. The van der Waals surface area contributed by atoms with Gasteiger partial charge in [-0.15, -0.1) is 0 Å². The largest absolute Gasteiger partial charge is 0.381 e. The quantitative estimate of drug-likeness (QED) is 0.673. The summed E-state index contributed by atoms with van der Waals surface area (Å²) in [6.45, 7) is 2.31. The van der Waals surface area contributed by atoms with Crippen molar-refractivity contribution in [2.24, 2.45) is 0 Å².